The van der Waals surface area contributed by atoms with Crippen LogP contribution in [0.25, 0.3) is 0 Å². The molecule has 0 aliphatic carbocycles. The predicted octanol–water partition coefficient (Wildman–Crippen LogP) is 4.31. The van der Waals surface area contributed by atoms with Gasteiger partial charge in [-0.3, -0.25) is 0 Å². The minimum Gasteiger partial charge on any atom is -0.367 e. The lowest BCUT2D eigenvalue weighted by molar-refractivity contribution is 0.0687. The maximum Gasteiger partial charge on any atom is 0.108 e. The quantitative estimate of drug-likeness (QED) is 0.720. The van der Waals surface area contributed by atoms with Crippen molar-refractivity contribution in [3.63, 3.8) is 0 Å². The van der Waals surface area contributed by atoms with Gasteiger partial charge < -0.3 is 9.64 Å². The summed E-state index contributed by atoms with van der Waals surface area (Å²) in [5.74, 6) is 0. The summed E-state index contributed by atoms with van der Waals surface area (Å²) >= 11 is 0. The van der Waals surface area contributed by atoms with Crippen molar-refractivity contribution in [3.8, 4) is 0 Å². The van der Waals surface area contributed by atoms with Crippen molar-refractivity contribution in [1.82, 2.24) is 4.90 Å². The molecule has 2 aromatic rings. The van der Waals surface area contributed by atoms with Gasteiger partial charge >= 0.3 is 0 Å². The lowest BCUT2D eigenvalue weighted by Crippen LogP contribution is -2.20. The highest BCUT2D eigenvalue weighted by atomic mass is 16.5. The zero-order chi connectivity index (χ0) is 15.8. The molecule has 0 bridgehead atoms. The fourth-order valence-electron chi connectivity index (χ4n) is 2.51. The first-order valence-corrected chi connectivity index (χ1v) is 8.11. The van der Waals surface area contributed by atoms with Crippen LogP contribution in [0.1, 0.15) is 36.1 Å². The number of ether oxygens (including phenoxy) is 1. The van der Waals surface area contributed by atoms with Crippen LogP contribution in [0.2, 0.25) is 0 Å². The van der Waals surface area contributed by atoms with E-state index in [0.29, 0.717) is 0 Å². The molecule has 2 aromatic carbocycles. The van der Waals surface area contributed by atoms with Crippen molar-refractivity contribution in [2.75, 3.05) is 27.2 Å². The number of benzene rings is 2. The Hall–Kier alpha value is -1.64. The third-order valence-corrected chi connectivity index (χ3v) is 3.75. The molecule has 22 heavy (non-hydrogen) atoms. The van der Waals surface area contributed by atoms with E-state index >= 15 is 0 Å². The van der Waals surface area contributed by atoms with Crippen LogP contribution in [0.4, 0.5) is 0 Å². The van der Waals surface area contributed by atoms with Crippen LogP contribution in [-0.2, 0) is 11.2 Å². The highest BCUT2D eigenvalue weighted by Crippen LogP contribution is 2.26. The molecule has 2 heteroatoms. The van der Waals surface area contributed by atoms with Crippen molar-refractivity contribution >= 4 is 0 Å². The average molecular weight is 297 g/mol. The topological polar surface area (TPSA) is 12.5 Å². The average Bonchev–Trinajstić information content (AvgIpc) is 2.53. The minimum absolute atomic E-state index is 0.0110. The van der Waals surface area contributed by atoms with Gasteiger partial charge in [0.2, 0.25) is 0 Å². The molecule has 0 radical (unpaired) electrons. The second-order valence-electron chi connectivity index (χ2n) is 5.96. The Morgan fingerprint density at radius 3 is 2.14 bits per heavy atom. The summed E-state index contributed by atoms with van der Waals surface area (Å²) in [5, 5.41) is 0. The second kappa shape index (κ2) is 8.72. The van der Waals surface area contributed by atoms with E-state index in [4.69, 9.17) is 4.74 Å². The molecule has 0 heterocycles. The maximum atomic E-state index is 6.18. The SMILES string of the molecule is CCCc1ccc([C@@H](OCCN(C)C)c2ccccc2)cc1. The van der Waals surface area contributed by atoms with E-state index in [-0.39, 0.29) is 6.10 Å². The van der Waals surface area contributed by atoms with Crippen molar-refractivity contribution in [2.45, 2.75) is 25.9 Å². The molecular weight excluding hydrogens is 270 g/mol. The summed E-state index contributed by atoms with van der Waals surface area (Å²) in [4.78, 5) is 2.15. The largest absolute Gasteiger partial charge is 0.367 e. The number of hydrogen-bond acceptors (Lipinski definition) is 2. The molecule has 0 unspecified atom stereocenters. The molecule has 118 valence electrons. The molecule has 0 aromatic heterocycles. The highest BCUT2D eigenvalue weighted by molar-refractivity contribution is 5.32. The molecule has 0 N–H and O–H groups in total. The van der Waals surface area contributed by atoms with E-state index in [9.17, 15) is 0 Å². The first-order valence-electron chi connectivity index (χ1n) is 8.11. The fourth-order valence-corrected chi connectivity index (χ4v) is 2.51. The van der Waals surface area contributed by atoms with E-state index in [0.717, 1.165) is 19.6 Å². The van der Waals surface area contributed by atoms with Crippen LogP contribution in [0.3, 0.4) is 0 Å². The number of hydrogen-bond donors (Lipinski definition) is 0. The van der Waals surface area contributed by atoms with Gasteiger partial charge in [0.05, 0.1) is 6.61 Å². The molecule has 0 fully saturated rings. The van der Waals surface area contributed by atoms with Crippen molar-refractivity contribution < 1.29 is 4.74 Å². The fraction of sp³-hybridized carbons (Fsp3) is 0.400. The van der Waals surface area contributed by atoms with Gasteiger partial charge in [0, 0.05) is 6.54 Å². The van der Waals surface area contributed by atoms with Crippen molar-refractivity contribution in [1.29, 1.82) is 0 Å². The minimum atomic E-state index is 0.0110. The Balaban J connectivity index is 2.16. The van der Waals surface area contributed by atoms with Gasteiger partial charge in [-0.1, -0.05) is 67.9 Å². The monoisotopic (exact) mass is 297 g/mol. The molecule has 0 saturated heterocycles. The van der Waals surface area contributed by atoms with Crippen LogP contribution in [0.15, 0.2) is 54.6 Å². The van der Waals surface area contributed by atoms with Crippen molar-refractivity contribution in [3.05, 3.63) is 71.3 Å². The molecule has 2 nitrogen and oxygen atoms in total. The predicted molar refractivity (Wildman–Crippen MR) is 93.2 cm³/mol. The van der Waals surface area contributed by atoms with E-state index in [1.807, 2.05) is 6.07 Å². The molecule has 0 spiro atoms. The van der Waals surface area contributed by atoms with Crippen LogP contribution in [-0.4, -0.2) is 32.1 Å². The Morgan fingerprint density at radius 1 is 0.909 bits per heavy atom. The third-order valence-electron chi connectivity index (χ3n) is 3.75. The van der Waals surface area contributed by atoms with E-state index in [2.05, 4.69) is 74.4 Å². The van der Waals surface area contributed by atoms with Gasteiger partial charge in [-0.05, 0) is 37.2 Å². The standard InChI is InChI=1S/C20H27NO/c1-4-8-17-11-13-19(14-12-17)20(22-16-15-21(2)3)18-9-6-5-7-10-18/h5-7,9-14,20H,4,8,15-16H2,1-3H3/t20-/m0/s1. The summed E-state index contributed by atoms with van der Waals surface area (Å²) in [5.41, 5.74) is 3.83. The van der Waals surface area contributed by atoms with Crippen LogP contribution in [0, 0.1) is 0 Å². The van der Waals surface area contributed by atoms with Gasteiger partial charge in [0.15, 0.2) is 0 Å². The lowest BCUT2D eigenvalue weighted by atomic mass is 9.99. The maximum absolute atomic E-state index is 6.18. The van der Waals surface area contributed by atoms with Gasteiger partial charge in [-0.15, -0.1) is 0 Å². The number of rotatable bonds is 8. The van der Waals surface area contributed by atoms with E-state index < -0.39 is 0 Å². The van der Waals surface area contributed by atoms with E-state index in [1.54, 1.807) is 0 Å². The Kier molecular flexibility index (Phi) is 6.63. The van der Waals surface area contributed by atoms with Crippen LogP contribution in [0.5, 0.6) is 0 Å². The smallest absolute Gasteiger partial charge is 0.108 e. The summed E-state index contributed by atoms with van der Waals surface area (Å²) < 4.78 is 6.18. The molecule has 0 amide bonds. The summed E-state index contributed by atoms with van der Waals surface area (Å²) in [6, 6.07) is 19.3. The van der Waals surface area contributed by atoms with Gasteiger partial charge in [0.1, 0.15) is 6.10 Å². The third kappa shape index (κ3) is 4.97. The van der Waals surface area contributed by atoms with Gasteiger partial charge in [0.25, 0.3) is 0 Å². The Bertz CT molecular complexity index is 533. The number of aryl methyl sites for hydroxylation is 1. The lowest BCUT2D eigenvalue weighted by Gasteiger charge is -2.20. The summed E-state index contributed by atoms with van der Waals surface area (Å²) in [6.45, 7) is 3.87. The summed E-state index contributed by atoms with van der Waals surface area (Å²) in [7, 11) is 4.14. The molecule has 1 atom stereocenters. The second-order valence-corrected chi connectivity index (χ2v) is 5.96. The molecular formula is C20H27NO. The number of likely N-dealkylation sites (N-methyl/N-ethyl adjacent to an activating group) is 1. The van der Waals surface area contributed by atoms with Crippen LogP contribution >= 0.6 is 0 Å². The first kappa shape index (κ1) is 16.7. The van der Waals surface area contributed by atoms with Gasteiger partial charge in [-0.2, -0.15) is 0 Å². The normalized spacial score (nSPS) is 12.5. The molecule has 0 aliphatic heterocycles. The molecule has 0 saturated carbocycles. The van der Waals surface area contributed by atoms with Gasteiger partial charge in [-0.25, -0.2) is 0 Å². The van der Waals surface area contributed by atoms with Crippen molar-refractivity contribution in [2.24, 2.45) is 0 Å². The highest BCUT2D eigenvalue weighted by Gasteiger charge is 2.14. The van der Waals surface area contributed by atoms with Crippen LogP contribution < -0.4 is 0 Å². The zero-order valence-electron chi connectivity index (χ0n) is 14.0. The number of nitrogens with zero attached hydrogens (tertiary/aromatic N) is 1. The Labute approximate surface area is 134 Å². The summed E-state index contributed by atoms with van der Waals surface area (Å²) in [6.07, 6.45) is 2.33. The molecule has 0 aliphatic rings. The zero-order valence-corrected chi connectivity index (χ0v) is 14.0. The molecule has 2 rings (SSSR count). The Morgan fingerprint density at radius 2 is 1.55 bits per heavy atom. The van der Waals surface area contributed by atoms with E-state index in [1.165, 1.54) is 23.1 Å². The first-order chi connectivity index (χ1) is 10.7.